The summed E-state index contributed by atoms with van der Waals surface area (Å²) in [5.74, 6) is 0. The van der Waals surface area contributed by atoms with Gasteiger partial charge in [-0.2, -0.15) is 0 Å². The van der Waals surface area contributed by atoms with Crippen molar-refractivity contribution in [3.05, 3.63) is 0 Å². The van der Waals surface area contributed by atoms with Gasteiger partial charge >= 0.3 is 0 Å². The van der Waals surface area contributed by atoms with E-state index in [-0.39, 0.29) is 12.0 Å². The first-order valence-corrected chi connectivity index (χ1v) is 4.04. The van der Waals surface area contributed by atoms with Crippen LogP contribution >= 0.6 is 0 Å². The van der Waals surface area contributed by atoms with Crippen LogP contribution in [0.3, 0.4) is 0 Å². The summed E-state index contributed by atoms with van der Waals surface area (Å²) < 4.78 is 23.8. The van der Waals surface area contributed by atoms with E-state index in [4.69, 9.17) is 5.73 Å². The van der Waals surface area contributed by atoms with E-state index in [1.807, 2.05) is 13.8 Å². The summed E-state index contributed by atoms with van der Waals surface area (Å²) in [4.78, 5) is 1.61. The van der Waals surface area contributed by atoms with E-state index in [0.717, 1.165) is 0 Å². The Morgan fingerprint density at radius 1 is 1.42 bits per heavy atom. The lowest BCUT2D eigenvalue weighted by molar-refractivity contribution is 0.0838. The number of halogens is 2. The monoisotopic (exact) mass is 180 g/mol. The van der Waals surface area contributed by atoms with Crippen molar-refractivity contribution in [2.45, 2.75) is 20.3 Å². The fourth-order valence-corrected chi connectivity index (χ4v) is 1.10. The smallest absolute Gasteiger partial charge is 0.251 e. The van der Waals surface area contributed by atoms with Crippen LogP contribution in [0.25, 0.3) is 0 Å². The minimum absolute atomic E-state index is 0.0797. The summed E-state index contributed by atoms with van der Waals surface area (Å²) in [6, 6.07) is 0. The van der Waals surface area contributed by atoms with Gasteiger partial charge < -0.3 is 10.6 Å². The molecule has 0 radical (unpaired) electrons. The molecule has 0 heterocycles. The second-order valence-corrected chi connectivity index (χ2v) is 3.96. The summed E-state index contributed by atoms with van der Waals surface area (Å²) >= 11 is 0. The van der Waals surface area contributed by atoms with Crippen LogP contribution < -0.4 is 5.73 Å². The zero-order valence-electron chi connectivity index (χ0n) is 7.98. The van der Waals surface area contributed by atoms with E-state index in [1.165, 1.54) is 0 Å². The zero-order valence-corrected chi connectivity index (χ0v) is 7.98. The summed E-state index contributed by atoms with van der Waals surface area (Å²) in [7, 11) is 1.68. The molecule has 0 saturated heterocycles. The fourth-order valence-electron chi connectivity index (χ4n) is 1.10. The Kier molecular flexibility index (Phi) is 4.63. The maximum Gasteiger partial charge on any atom is 0.251 e. The molecule has 0 rings (SSSR count). The Labute approximate surface area is 72.7 Å². The molecule has 4 heteroatoms. The average Bonchev–Trinajstić information content (AvgIpc) is 1.84. The van der Waals surface area contributed by atoms with Gasteiger partial charge in [0.05, 0.1) is 6.54 Å². The van der Waals surface area contributed by atoms with Crippen molar-refractivity contribution in [3.63, 3.8) is 0 Å². The van der Waals surface area contributed by atoms with E-state index in [2.05, 4.69) is 0 Å². The predicted molar refractivity (Wildman–Crippen MR) is 46.3 cm³/mol. The molecule has 0 aromatic carbocycles. The Bertz CT molecular complexity index is 126. The van der Waals surface area contributed by atoms with E-state index in [1.54, 1.807) is 11.9 Å². The Hall–Kier alpha value is -0.220. The third-order valence-electron chi connectivity index (χ3n) is 1.70. The van der Waals surface area contributed by atoms with Gasteiger partial charge in [-0.1, -0.05) is 13.8 Å². The van der Waals surface area contributed by atoms with E-state index >= 15 is 0 Å². The van der Waals surface area contributed by atoms with Crippen molar-refractivity contribution < 1.29 is 8.78 Å². The van der Waals surface area contributed by atoms with Gasteiger partial charge in [0.2, 0.25) is 0 Å². The highest BCUT2D eigenvalue weighted by atomic mass is 19.3. The second kappa shape index (κ2) is 4.72. The molecule has 0 aliphatic rings. The molecule has 0 unspecified atom stereocenters. The molecule has 0 spiro atoms. The van der Waals surface area contributed by atoms with Crippen molar-refractivity contribution in [1.82, 2.24) is 4.90 Å². The molecule has 0 aromatic heterocycles. The van der Waals surface area contributed by atoms with Crippen molar-refractivity contribution in [1.29, 1.82) is 0 Å². The highest BCUT2D eigenvalue weighted by Crippen LogP contribution is 2.14. The molecule has 74 valence electrons. The van der Waals surface area contributed by atoms with E-state index < -0.39 is 6.43 Å². The number of alkyl halides is 2. The normalized spacial score (nSPS) is 13.0. The number of rotatable bonds is 5. The van der Waals surface area contributed by atoms with Gasteiger partial charge in [0.1, 0.15) is 0 Å². The number of nitrogens with two attached hydrogens (primary N) is 1. The molecule has 0 aromatic rings. The molecule has 0 aliphatic heterocycles. The average molecular weight is 180 g/mol. The van der Waals surface area contributed by atoms with Crippen LogP contribution in [0.4, 0.5) is 8.78 Å². The molecule has 12 heavy (non-hydrogen) atoms. The first kappa shape index (κ1) is 11.8. The molecule has 0 atom stereocenters. The van der Waals surface area contributed by atoms with Crippen LogP contribution in [0.15, 0.2) is 0 Å². The molecule has 0 aliphatic carbocycles. The first-order valence-electron chi connectivity index (χ1n) is 4.04. The molecule has 0 bridgehead atoms. The minimum atomic E-state index is -2.26. The van der Waals surface area contributed by atoms with E-state index in [9.17, 15) is 8.78 Å². The lowest BCUT2D eigenvalue weighted by Gasteiger charge is -2.28. The maximum atomic E-state index is 11.9. The molecule has 2 nitrogen and oxygen atoms in total. The number of hydrogen-bond donors (Lipinski definition) is 1. The highest BCUT2D eigenvalue weighted by molar-refractivity contribution is 4.73. The fraction of sp³-hybridized carbons (Fsp3) is 1.00. The maximum absolute atomic E-state index is 11.9. The molecular formula is C8H18F2N2. The van der Waals surface area contributed by atoms with Crippen LogP contribution in [0.2, 0.25) is 0 Å². The molecule has 0 amide bonds. The number of hydrogen-bond acceptors (Lipinski definition) is 2. The van der Waals surface area contributed by atoms with Crippen molar-refractivity contribution in [2.75, 3.05) is 26.7 Å². The van der Waals surface area contributed by atoms with E-state index in [0.29, 0.717) is 13.1 Å². The zero-order chi connectivity index (χ0) is 9.78. The van der Waals surface area contributed by atoms with Crippen molar-refractivity contribution >= 4 is 0 Å². The Morgan fingerprint density at radius 2 is 1.92 bits per heavy atom. The second-order valence-electron chi connectivity index (χ2n) is 3.96. The van der Waals surface area contributed by atoms with Gasteiger partial charge in [0.25, 0.3) is 6.43 Å². The lowest BCUT2D eigenvalue weighted by Crippen LogP contribution is -2.38. The van der Waals surface area contributed by atoms with Gasteiger partial charge in [0.15, 0.2) is 0 Å². The van der Waals surface area contributed by atoms with Gasteiger partial charge in [-0.05, 0) is 19.0 Å². The summed E-state index contributed by atoms with van der Waals surface area (Å²) in [5.41, 5.74) is 5.39. The third kappa shape index (κ3) is 5.43. The van der Waals surface area contributed by atoms with Gasteiger partial charge in [-0.15, -0.1) is 0 Å². The number of nitrogens with zero attached hydrogens (tertiary/aromatic N) is 1. The quantitative estimate of drug-likeness (QED) is 0.688. The van der Waals surface area contributed by atoms with Gasteiger partial charge in [-0.25, -0.2) is 8.78 Å². The summed E-state index contributed by atoms with van der Waals surface area (Å²) in [6.45, 7) is 4.88. The van der Waals surface area contributed by atoms with Crippen LogP contribution in [0.1, 0.15) is 13.8 Å². The minimum Gasteiger partial charge on any atom is -0.330 e. The lowest BCUT2D eigenvalue weighted by atomic mass is 9.93. The predicted octanol–water partition coefficient (Wildman–Crippen LogP) is 1.17. The summed E-state index contributed by atoms with van der Waals surface area (Å²) in [5, 5.41) is 0. The summed E-state index contributed by atoms with van der Waals surface area (Å²) in [6.07, 6.45) is -2.26. The van der Waals surface area contributed by atoms with Crippen LogP contribution in [-0.2, 0) is 0 Å². The van der Waals surface area contributed by atoms with Gasteiger partial charge in [-0.3, -0.25) is 0 Å². The molecule has 2 N–H and O–H groups in total. The SMILES string of the molecule is CN(CC(F)F)CC(C)(C)CN. The molecule has 0 fully saturated rings. The standard InChI is InChI=1S/C8H18F2N2/c1-8(2,5-11)6-12(3)4-7(9)10/h7H,4-6,11H2,1-3H3. The first-order chi connectivity index (χ1) is 5.37. The third-order valence-corrected chi connectivity index (χ3v) is 1.70. The Balaban J connectivity index is 3.75. The molecular weight excluding hydrogens is 162 g/mol. The largest absolute Gasteiger partial charge is 0.330 e. The highest BCUT2D eigenvalue weighted by Gasteiger charge is 2.19. The van der Waals surface area contributed by atoms with Crippen molar-refractivity contribution in [2.24, 2.45) is 11.1 Å². The molecule has 0 saturated carbocycles. The van der Waals surface area contributed by atoms with Crippen LogP contribution in [0, 0.1) is 5.41 Å². The Morgan fingerprint density at radius 3 is 2.25 bits per heavy atom. The van der Waals surface area contributed by atoms with Crippen LogP contribution in [0.5, 0.6) is 0 Å². The van der Waals surface area contributed by atoms with Gasteiger partial charge in [0, 0.05) is 6.54 Å². The van der Waals surface area contributed by atoms with Crippen LogP contribution in [-0.4, -0.2) is 38.0 Å². The van der Waals surface area contributed by atoms with Crippen molar-refractivity contribution in [3.8, 4) is 0 Å². The topological polar surface area (TPSA) is 29.3 Å².